The summed E-state index contributed by atoms with van der Waals surface area (Å²) in [4.78, 5) is 24.9. The van der Waals surface area contributed by atoms with E-state index in [0.717, 1.165) is 28.9 Å². The van der Waals surface area contributed by atoms with E-state index in [1.807, 2.05) is 53.3 Å². The summed E-state index contributed by atoms with van der Waals surface area (Å²) in [5, 5.41) is 14.3. The summed E-state index contributed by atoms with van der Waals surface area (Å²) in [6.45, 7) is 0.561. The SMILES string of the molecule is O=C(NCCc1c[nH]c2ccccc12)c1ccc(Nc2ncc(-c3cn[nH]c3)n3ccnc23)cc1. The lowest BCUT2D eigenvalue weighted by molar-refractivity contribution is 0.0954. The fourth-order valence-corrected chi connectivity index (χ4v) is 4.20. The van der Waals surface area contributed by atoms with Gasteiger partial charge in [0.15, 0.2) is 11.5 Å². The van der Waals surface area contributed by atoms with Gasteiger partial charge in [-0.3, -0.25) is 14.3 Å². The van der Waals surface area contributed by atoms with E-state index in [0.29, 0.717) is 23.6 Å². The number of aromatic amines is 2. The molecule has 0 atom stereocenters. The Labute approximate surface area is 200 Å². The van der Waals surface area contributed by atoms with Crippen molar-refractivity contribution in [3.05, 3.63) is 96.8 Å². The van der Waals surface area contributed by atoms with Crippen LogP contribution in [0, 0.1) is 0 Å². The standard InChI is InChI=1S/C26H22N8O/c35-26(28-10-9-18-13-29-22-4-2-1-3-21(18)22)17-5-7-20(8-6-17)33-24-25-27-11-12-34(25)23(16-30-24)19-14-31-32-15-19/h1-8,11-16,29H,9-10H2,(H,28,35)(H,30,33)(H,31,32). The molecule has 0 saturated heterocycles. The Hall–Kier alpha value is -4.92. The number of rotatable bonds is 7. The van der Waals surface area contributed by atoms with Crippen LogP contribution < -0.4 is 10.6 Å². The zero-order chi connectivity index (χ0) is 23.6. The number of aromatic nitrogens is 6. The Balaban J connectivity index is 1.11. The molecule has 0 aliphatic heterocycles. The number of benzene rings is 2. The normalized spacial score (nSPS) is 11.2. The van der Waals surface area contributed by atoms with Gasteiger partial charge in [0, 0.05) is 59.0 Å². The van der Waals surface area contributed by atoms with Gasteiger partial charge in [-0.2, -0.15) is 5.10 Å². The van der Waals surface area contributed by atoms with E-state index < -0.39 is 0 Å². The molecule has 0 bridgehead atoms. The Bertz CT molecular complexity index is 1610. The van der Waals surface area contributed by atoms with Crippen molar-refractivity contribution in [3.63, 3.8) is 0 Å². The van der Waals surface area contributed by atoms with Crippen molar-refractivity contribution in [3.8, 4) is 11.3 Å². The molecular weight excluding hydrogens is 440 g/mol. The first-order valence-corrected chi connectivity index (χ1v) is 11.3. The first-order valence-electron chi connectivity index (χ1n) is 11.3. The van der Waals surface area contributed by atoms with Gasteiger partial charge in [0.1, 0.15) is 0 Å². The Morgan fingerprint density at radius 3 is 2.74 bits per heavy atom. The van der Waals surface area contributed by atoms with Crippen LogP contribution in [0.2, 0.25) is 0 Å². The molecule has 6 aromatic rings. The van der Waals surface area contributed by atoms with Crippen molar-refractivity contribution in [2.45, 2.75) is 6.42 Å². The highest BCUT2D eigenvalue weighted by Gasteiger charge is 2.12. The molecule has 4 N–H and O–H groups in total. The van der Waals surface area contributed by atoms with Gasteiger partial charge < -0.3 is 15.6 Å². The van der Waals surface area contributed by atoms with Gasteiger partial charge in [0.25, 0.3) is 5.91 Å². The summed E-state index contributed by atoms with van der Waals surface area (Å²) in [5.41, 5.74) is 6.22. The molecule has 6 rings (SSSR count). The molecule has 0 radical (unpaired) electrons. The maximum Gasteiger partial charge on any atom is 0.251 e. The minimum Gasteiger partial charge on any atom is -0.361 e. The van der Waals surface area contributed by atoms with Crippen molar-refractivity contribution in [2.24, 2.45) is 0 Å². The monoisotopic (exact) mass is 462 g/mol. The maximum atomic E-state index is 12.6. The van der Waals surface area contributed by atoms with Gasteiger partial charge in [-0.15, -0.1) is 0 Å². The predicted molar refractivity (Wildman–Crippen MR) is 135 cm³/mol. The van der Waals surface area contributed by atoms with Crippen molar-refractivity contribution >= 4 is 34.0 Å². The number of anilines is 2. The van der Waals surface area contributed by atoms with Crippen LogP contribution in [0.25, 0.3) is 27.8 Å². The zero-order valence-corrected chi connectivity index (χ0v) is 18.7. The van der Waals surface area contributed by atoms with Crippen LogP contribution in [0.1, 0.15) is 15.9 Å². The highest BCUT2D eigenvalue weighted by atomic mass is 16.1. The van der Waals surface area contributed by atoms with E-state index in [2.05, 4.69) is 41.8 Å². The Morgan fingerprint density at radius 1 is 1.00 bits per heavy atom. The third-order valence-corrected chi connectivity index (χ3v) is 5.99. The van der Waals surface area contributed by atoms with E-state index in [9.17, 15) is 4.79 Å². The van der Waals surface area contributed by atoms with Gasteiger partial charge in [-0.1, -0.05) is 18.2 Å². The van der Waals surface area contributed by atoms with Crippen LogP contribution in [-0.4, -0.2) is 42.0 Å². The number of carbonyl (C=O) groups excluding carboxylic acids is 1. The number of nitrogens with zero attached hydrogens (tertiary/aromatic N) is 4. The number of nitrogens with one attached hydrogen (secondary N) is 4. The van der Waals surface area contributed by atoms with E-state index in [-0.39, 0.29) is 5.91 Å². The average molecular weight is 463 g/mol. The number of hydrogen-bond acceptors (Lipinski definition) is 5. The van der Waals surface area contributed by atoms with E-state index in [4.69, 9.17) is 0 Å². The number of H-pyrrole nitrogens is 2. The number of para-hydroxylation sites is 1. The number of carbonyl (C=O) groups is 1. The molecule has 0 unspecified atom stereocenters. The average Bonchev–Trinajstić information content (AvgIpc) is 3.66. The van der Waals surface area contributed by atoms with Crippen LogP contribution in [0.5, 0.6) is 0 Å². The minimum atomic E-state index is -0.102. The van der Waals surface area contributed by atoms with Crippen molar-refractivity contribution in [1.29, 1.82) is 0 Å². The summed E-state index contributed by atoms with van der Waals surface area (Å²) in [6, 6.07) is 15.5. The summed E-state index contributed by atoms with van der Waals surface area (Å²) in [7, 11) is 0. The van der Waals surface area contributed by atoms with Crippen LogP contribution in [0.4, 0.5) is 11.5 Å². The molecule has 0 spiro atoms. The smallest absolute Gasteiger partial charge is 0.251 e. The quantitative estimate of drug-likeness (QED) is 0.282. The van der Waals surface area contributed by atoms with Gasteiger partial charge in [-0.25, -0.2) is 9.97 Å². The zero-order valence-electron chi connectivity index (χ0n) is 18.7. The maximum absolute atomic E-state index is 12.6. The lowest BCUT2D eigenvalue weighted by Gasteiger charge is -2.10. The molecule has 172 valence electrons. The topological polar surface area (TPSA) is 116 Å². The minimum absolute atomic E-state index is 0.102. The summed E-state index contributed by atoms with van der Waals surface area (Å²) < 4.78 is 1.95. The second-order valence-electron chi connectivity index (χ2n) is 8.17. The molecule has 35 heavy (non-hydrogen) atoms. The molecule has 2 aromatic carbocycles. The molecule has 4 heterocycles. The van der Waals surface area contributed by atoms with Crippen LogP contribution in [0.15, 0.2) is 85.7 Å². The van der Waals surface area contributed by atoms with E-state index >= 15 is 0 Å². The predicted octanol–water partition coefficient (Wildman–Crippen LogP) is 4.32. The van der Waals surface area contributed by atoms with Crippen molar-refractivity contribution in [2.75, 3.05) is 11.9 Å². The highest BCUT2D eigenvalue weighted by molar-refractivity contribution is 5.94. The lowest BCUT2D eigenvalue weighted by atomic mass is 10.1. The number of imidazole rings is 1. The van der Waals surface area contributed by atoms with Crippen molar-refractivity contribution in [1.82, 2.24) is 34.9 Å². The van der Waals surface area contributed by atoms with Crippen molar-refractivity contribution < 1.29 is 4.79 Å². The second-order valence-corrected chi connectivity index (χ2v) is 8.17. The molecular formula is C26H22N8O. The molecule has 9 nitrogen and oxygen atoms in total. The Morgan fingerprint density at radius 2 is 1.89 bits per heavy atom. The largest absolute Gasteiger partial charge is 0.361 e. The fourth-order valence-electron chi connectivity index (χ4n) is 4.20. The third-order valence-electron chi connectivity index (χ3n) is 5.99. The van der Waals surface area contributed by atoms with Gasteiger partial charge in [-0.05, 0) is 42.3 Å². The lowest BCUT2D eigenvalue weighted by Crippen LogP contribution is -2.25. The molecule has 0 fully saturated rings. The van der Waals surface area contributed by atoms with Crippen LogP contribution in [-0.2, 0) is 6.42 Å². The van der Waals surface area contributed by atoms with Gasteiger partial charge >= 0.3 is 0 Å². The highest BCUT2D eigenvalue weighted by Crippen LogP contribution is 2.25. The second kappa shape index (κ2) is 8.79. The van der Waals surface area contributed by atoms with Gasteiger partial charge in [0.05, 0.1) is 18.1 Å². The first kappa shape index (κ1) is 20.7. The summed E-state index contributed by atoms with van der Waals surface area (Å²) in [5.74, 6) is 0.521. The van der Waals surface area contributed by atoms with E-state index in [1.54, 1.807) is 30.7 Å². The molecule has 0 saturated carbocycles. The third kappa shape index (κ3) is 3.99. The van der Waals surface area contributed by atoms with Crippen LogP contribution in [0.3, 0.4) is 0 Å². The number of hydrogen-bond donors (Lipinski definition) is 4. The number of amides is 1. The summed E-state index contributed by atoms with van der Waals surface area (Å²) >= 11 is 0. The fraction of sp³-hybridized carbons (Fsp3) is 0.0769. The molecule has 4 aromatic heterocycles. The Kier molecular flexibility index (Phi) is 5.19. The molecule has 9 heteroatoms. The van der Waals surface area contributed by atoms with E-state index in [1.165, 1.54) is 10.9 Å². The molecule has 0 aliphatic rings. The van der Waals surface area contributed by atoms with Gasteiger partial charge in [0.2, 0.25) is 0 Å². The molecule has 0 aliphatic carbocycles. The summed E-state index contributed by atoms with van der Waals surface area (Å²) in [6.07, 6.45) is 11.7. The first-order chi connectivity index (χ1) is 17.3. The van der Waals surface area contributed by atoms with Crippen LogP contribution >= 0.6 is 0 Å². The molecule has 1 amide bonds. The number of fused-ring (bicyclic) bond motifs is 2.